The summed E-state index contributed by atoms with van der Waals surface area (Å²) in [6, 6.07) is 21.4. The molecule has 0 saturated carbocycles. The summed E-state index contributed by atoms with van der Waals surface area (Å²) >= 11 is 0. The molecule has 0 fully saturated rings. The number of carbonyl (C=O) groups is 1. The van der Waals surface area contributed by atoms with Crippen LogP contribution >= 0.6 is 0 Å². The van der Waals surface area contributed by atoms with Crippen LogP contribution in [0.2, 0.25) is 0 Å². The van der Waals surface area contributed by atoms with Gasteiger partial charge in [-0.2, -0.15) is 0 Å². The number of amides is 1. The Bertz CT molecular complexity index is 868. The lowest BCUT2D eigenvalue weighted by Crippen LogP contribution is -2.29. The summed E-state index contributed by atoms with van der Waals surface area (Å²) in [5.74, 6) is 0.665. The molecule has 29 heavy (non-hydrogen) atoms. The van der Waals surface area contributed by atoms with Crippen molar-refractivity contribution in [1.82, 2.24) is 10.3 Å². The first-order valence-electron chi connectivity index (χ1n) is 9.96. The second-order valence-electron chi connectivity index (χ2n) is 6.70. The lowest BCUT2D eigenvalue weighted by Gasteiger charge is -2.23. The molecule has 0 aliphatic rings. The maximum absolute atomic E-state index is 12.3. The van der Waals surface area contributed by atoms with Crippen LogP contribution in [-0.4, -0.2) is 30.5 Å². The number of hydrogen-bond acceptors (Lipinski definition) is 4. The Labute approximate surface area is 172 Å². The van der Waals surface area contributed by atoms with E-state index in [9.17, 15) is 4.79 Å². The predicted octanol–water partition coefficient (Wildman–Crippen LogP) is 4.31. The van der Waals surface area contributed by atoms with Gasteiger partial charge in [0.2, 0.25) is 0 Å². The van der Waals surface area contributed by atoms with Crippen LogP contribution in [0.1, 0.15) is 29.3 Å². The normalized spacial score (nSPS) is 10.4. The fourth-order valence-corrected chi connectivity index (χ4v) is 3.04. The summed E-state index contributed by atoms with van der Waals surface area (Å²) in [5.41, 5.74) is 2.85. The number of para-hydroxylation sites is 1. The number of hydrogen-bond donors (Lipinski definition) is 1. The molecule has 1 aromatic heterocycles. The highest BCUT2D eigenvalue weighted by atomic mass is 16.5. The molecule has 0 aliphatic heterocycles. The van der Waals surface area contributed by atoms with Crippen LogP contribution in [-0.2, 0) is 6.61 Å². The first-order valence-corrected chi connectivity index (χ1v) is 9.96. The van der Waals surface area contributed by atoms with Crippen molar-refractivity contribution in [1.29, 1.82) is 0 Å². The van der Waals surface area contributed by atoms with Gasteiger partial charge in [-0.15, -0.1) is 0 Å². The number of nitrogens with zero attached hydrogens (tertiary/aromatic N) is 2. The quantitative estimate of drug-likeness (QED) is 0.525. The monoisotopic (exact) mass is 389 g/mol. The standard InChI is InChI=1S/C24H27N3O2/c1-2-27(22-9-4-3-5-10-22)17-7-16-26-24(28)21-11-13-23(14-12-21)29-19-20-8-6-15-25-18-20/h3-6,8-15,18H,2,7,16-17,19H2,1H3,(H,26,28). The molecule has 0 aliphatic carbocycles. The predicted molar refractivity (Wildman–Crippen MR) is 116 cm³/mol. The van der Waals surface area contributed by atoms with Gasteiger partial charge in [-0.1, -0.05) is 24.3 Å². The van der Waals surface area contributed by atoms with E-state index < -0.39 is 0 Å². The molecule has 1 N–H and O–H groups in total. The number of rotatable bonds is 10. The van der Waals surface area contributed by atoms with Crippen molar-refractivity contribution in [2.45, 2.75) is 20.0 Å². The minimum Gasteiger partial charge on any atom is -0.489 e. The maximum atomic E-state index is 12.3. The molecule has 0 unspecified atom stereocenters. The molecule has 1 heterocycles. The smallest absolute Gasteiger partial charge is 0.251 e. The second kappa shape index (κ2) is 10.9. The van der Waals surface area contributed by atoms with Crippen molar-refractivity contribution < 1.29 is 9.53 Å². The number of benzene rings is 2. The molecule has 0 saturated heterocycles. The van der Waals surface area contributed by atoms with Crippen molar-refractivity contribution in [3.05, 3.63) is 90.3 Å². The van der Waals surface area contributed by atoms with Gasteiger partial charge in [0, 0.05) is 48.8 Å². The van der Waals surface area contributed by atoms with Crippen LogP contribution in [0.25, 0.3) is 0 Å². The first-order chi connectivity index (χ1) is 14.3. The number of aromatic nitrogens is 1. The molecule has 5 nitrogen and oxygen atoms in total. The van der Waals surface area contributed by atoms with Crippen molar-refractivity contribution in [3.8, 4) is 5.75 Å². The minimum atomic E-state index is -0.0634. The fourth-order valence-electron chi connectivity index (χ4n) is 3.04. The molecule has 2 aromatic carbocycles. The largest absolute Gasteiger partial charge is 0.489 e. The van der Waals surface area contributed by atoms with Crippen LogP contribution in [0, 0.1) is 0 Å². The van der Waals surface area contributed by atoms with E-state index in [0.29, 0.717) is 18.7 Å². The number of pyridine rings is 1. The SMILES string of the molecule is CCN(CCCNC(=O)c1ccc(OCc2cccnc2)cc1)c1ccccc1. The lowest BCUT2D eigenvalue weighted by atomic mass is 10.2. The Morgan fingerprint density at radius 2 is 1.83 bits per heavy atom. The Morgan fingerprint density at radius 3 is 2.52 bits per heavy atom. The van der Waals surface area contributed by atoms with Gasteiger partial charge < -0.3 is 15.0 Å². The molecule has 1 amide bonds. The zero-order valence-corrected chi connectivity index (χ0v) is 16.8. The Hall–Kier alpha value is -3.34. The van der Waals surface area contributed by atoms with Gasteiger partial charge in [0.15, 0.2) is 0 Å². The third-order valence-electron chi connectivity index (χ3n) is 4.64. The van der Waals surface area contributed by atoms with Crippen molar-refractivity contribution in [3.63, 3.8) is 0 Å². The van der Waals surface area contributed by atoms with Crippen LogP contribution in [0.5, 0.6) is 5.75 Å². The molecule has 0 radical (unpaired) electrons. The highest BCUT2D eigenvalue weighted by Gasteiger charge is 2.07. The van der Waals surface area contributed by atoms with Gasteiger partial charge in [-0.3, -0.25) is 9.78 Å². The highest BCUT2D eigenvalue weighted by molar-refractivity contribution is 5.94. The number of anilines is 1. The third-order valence-corrected chi connectivity index (χ3v) is 4.64. The number of nitrogens with one attached hydrogen (secondary N) is 1. The Kier molecular flexibility index (Phi) is 7.63. The van der Waals surface area contributed by atoms with Crippen LogP contribution in [0.15, 0.2) is 79.1 Å². The van der Waals surface area contributed by atoms with Gasteiger partial charge in [0.25, 0.3) is 5.91 Å². The van der Waals surface area contributed by atoms with Gasteiger partial charge in [0.1, 0.15) is 12.4 Å². The van der Waals surface area contributed by atoms with Crippen LogP contribution < -0.4 is 15.0 Å². The summed E-state index contributed by atoms with van der Waals surface area (Å²) < 4.78 is 5.73. The highest BCUT2D eigenvalue weighted by Crippen LogP contribution is 2.15. The summed E-state index contributed by atoms with van der Waals surface area (Å²) in [6.45, 7) is 5.08. The molecule has 5 heteroatoms. The van der Waals surface area contributed by atoms with Crippen molar-refractivity contribution in [2.24, 2.45) is 0 Å². The van der Waals surface area contributed by atoms with Crippen LogP contribution in [0.4, 0.5) is 5.69 Å². The maximum Gasteiger partial charge on any atom is 0.251 e. The molecule has 0 bridgehead atoms. The Balaban J connectivity index is 1.41. The second-order valence-corrected chi connectivity index (χ2v) is 6.70. The number of ether oxygens (including phenoxy) is 1. The zero-order chi connectivity index (χ0) is 20.3. The average molecular weight is 389 g/mol. The van der Waals surface area contributed by atoms with E-state index in [2.05, 4.69) is 34.3 Å². The zero-order valence-electron chi connectivity index (χ0n) is 16.8. The van der Waals surface area contributed by atoms with Crippen LogP contribution in [0.3, 0.4) is 0 Å². The van der Waals surface area contributed by atoms with E-state index >= 15 is 0 Å². The summed E-state index contributed by atoms with van der Waals surface area (Å²) in [5, 5.41) is 2.99. The summed E-state index contributed by atoms with van der Waals surface area (Å²) in [7, 11) is 0. The van der Waals surface area contributed by atoms with E-state index in [1.165, 1.54) is 5.69 Å². The van der Waals surface area contributed by atoms with E-state index in [0.717, 1.165) is 30.8 Å². The van der Waals surface area contributed by atoms with Gasteiger partial charge in [-0.25, -0.2) is 0 Å². The molecule has 3 rings (SSSR count). The van der Waals surface area contributed by atoms with E-state index in [1.807, 2.05) is 42.5 Å². The van der Waals surface area contributed by atoms with E-state index in [-0.39, 0.29) is 5.91 Å². The fraction of sp³-hybridized carbons (Fsp3) is 0.250. The molecule has 3 aromatic rings. The van der Waals surface area contributed by atoms with E-state index in [4.69, 9.17) is 4.74 Å². The molecular weight excluding hydrogens is 362 g/mol. The summed E-state index contributed by atoms with van der Waals surface area (Å²) in [6.07, 6.45) is 4.40. The molecule has 0 atom stereocenters. The topological polar surface area (TPSA) is 54.5 Å². The van der Waals surface area contributed by atoms with Gasteiger partial charge in [0.05, 0.1) is 0 Å². The first kappa shape index (κ1) is 20.4. The summed E-state index contributed by atoms with van der Waals surface area (Å²) in [4.78, 5) is 18.7. The lowest BCUT2D eigenvalue weighted by molar-refractivity contribution is 0.0953. The Morgan fingerprint density at radius 1 is 1.03 bits per heavy atom. The molecule has 150 valence electrons. The third kappa shape index (κ3) is 6.35. The van der Waals surface area contributed by atoms with Gasteiger partial charge in [-0.05, 0) is 55.8 Å². The van der Waals surface area contributed by atoms with Gasteiger partial charge >= 0.3 is 0 Å². The average Bonchev–Trinajstić information content (AvgIpc) is 2.79. The molecular formula is C24H27N3O2. The molecule has 0 spiro atoms. The number of carbonyl (C=O) groups excluding carboxylic acids is 1. The van der Waals surface area contributed by atoms with Crippen molar-refractivity contribution >= 4 is 11.6 Å². The van der Waals surface area contributed by atoms with E-state index in [1.54, 1.807) is 24.5 Å². The van der Waals surface area contributed by atoms with Crippen molar-refractivity contribution in [2.75, 3.05) is 24.5 Å². The minimum absolute atomic E-state index is 0.0634.